The fourth-order valence-electron chi connectivity index (χ4n) is 4.00. The Bertz CT molecular complexity index is 1470. The zero-order valence-corrected chi connectivity index (χ0v) is 17.3. The molecule has 5 aromatic rings. The highest BCUT2D eigenvalue weighted by atomic mass is 19.1. The first kappa shape index (κ1) is 19.4. The lowest BCUT2D eigenvalue weighted by atomic mass is 10.2. The highest BCUT2D eigenvalue weighted by Gasteiger charge is 2.21. The molecule has 7 heteroatoms. The van der Waals surface area contributed by atoms with Gasteiger partial charge in [-0.15, -0.1) is 0 Å². The number of para-hydroxylation sites is 2. The predicted octanol–water partition coefficient (Wildman–Crippen LogP) is 5.00. The molecule has 0 spiro atoms. The van der Waals surface area contributed by atoms with Gasteiger partial charge in [-0.1, -0.05) is 44.4 Å². The average molecular weight is 415 g/mol. The van der Waals surface area contributed by atoms with E-state index in [4.69, 9.17) is 9.97 Å². The Balaban J connectivity index is 1.81. The number of unbranched alkanes of at least 4 members (excludes halogenated alkanes) is 3. The van der Waals surface area contributed by atoms with Crippen LogP contribution in [-0.4, -0.2) is 24.1 Å². The molecule has 0 radical (unpaired) electrons. The Morgan fingerprint density at radius 2 is 1.74 bits per heavy atom. The molecule has 0 saturated carbocycles. The van der Waals surface area contributed by atoms with Crippen molar-refractivity contribution < 1.29 is 4.39 Å². The standard InChI is InChI=1S/C24H22FN5O/c1-2-3-4-7-13-29-15-26-22-20(24(29)31)21-23(28-19-12-6-5-11-18(19)27-21)30(22)17-10-8-9-16(25)14-17/h5-6,8-12,14-15H,2-4,7,13H2,1H3. The summed E-state index contributed by atoms with van der Waals surface area (Å²) in [5.74, 6) is -0.370. The zero-order valence-electron chi connectivity index (χ0n) is 17.3. The van der Waals surface area contributed by atoms with Gasteiger partial charge in [0.2, 0.25) is 0 Å². The maximum absolute atomic E-state index is 14.0. The van der Waals surface area contributed by atoms with Gasteiger partial charge in [0.25, 0.3) is 5.56 Å². The van der Waals surface area contributed by atoms with Gasteiger partial charge in [0.05, 0.1) is 23.0 Å². The van der Waals surface area contributed by atoms with Crippen molar-refractivity contribution in [2.45, 2.75) is 39.2 Å². The minimum Gasteiger partial charge on any atom is -0.299 e. The fourth-order valence-corrected chi connectivity index (χ4v) is 4.00. The lowest BCUT2D eigenvalue weighted by Crippen LogP contribution is -2.20. The summed E-state index contributed by atoms with van der Waals surface area (Å²) >= 11 is 0. The van der Waals surface area contributed by atoms with Crippen molar-refractivity contribution >= 4 is 33.2 Å². The van der Waals surface area contributed by atoms with Crippen LogP contribution in [0.2, 0.25) is 0 Å². The topological polar surface area (TPSA) is 65.6 Å². The third kappa shape index (κ3) is 3.36. The van der Waals surface area contributed by atoms with E-state index in [1.165, 1.54) is 12.1 Å². The van der Waals surface area contributed by atoms with E-state index in [0.717, 1.165) is 25.7 Å². The molecule has 0 fully saturated rings. The average Bonchev–Trinajstić information content (AvgIpc) is 3.10. The van der Waals surface area contributed by atoms with Crippen molar-refractivity contribution in [1.29, 1.82) is 0 Å². The van der Waals surface area contributed by atoms with E-state index in [-0.39, 0.29) is 11.4 Å². The highest BCUT2D eigenvalue weighted by molar-refractivity contribution is 6.05. The number of rotatable bonds is 6. The molecular formula is C24H22FN5O. The van der Waals surface area contributed by atoms with Gasteiger partial charge in [0.15, 0.2) is 11.3 Å². The Morgan fingerprint density at radius 3 is 2.52 bits per heavy atom. The van der Waals surface area contributed by atoms with Crippen LogP contribution in [0.25, 0.3) is 38.9 Å². The Morgan fingerprint density at radius 1 is 0.935 bits per heavy atom. The summed E-state index contributed by atoms with van der Waals surface area (Å²) in [5, 5.41) is 0.413. The van der Waals surface area contributed by atoms with E-state index in [9.17, 15) is 9.18 Å². The van der Waals surface area contributed by atoms with Gasteiger partial charge in [0.1, 0.15) is 16.7 Å². The van der Waals surface area contributed by atoms with Crippen LogP contribution in [-0.2, 0) is 6.54 Å². The first-order valence-corrected chi connectivity index (χ1v) is 10.6. The SMILES string of the molecule is CCCCCCn1cnc2c(c1=O)c1nc3ccccc3nc1n2-c1cccc(F)c1. The summed E-state index contributed by atoms with van der Waals surface area (Å²) in [4.78, 5) is 27.5. The molecule has 0 unspecified atom stereocenters. The van der Waals surface area contributed by atoms with E-state index in [2.05, 4.69) is 11.9 Å². The maximum Gasteiger partial charge on any atom is 0.265 e. The van der Waals surface area contributed by atoms with Gasteiger partial charge < -0.3 is 0 Å². The van der Waals surface area contributed by atoms with Crippen LogP contribution in [0.1, 0.15) is 32.6 Å². The van der Waals surface area contributed by atoms with Crippen LogP contribution in [0.4, 0.5) is 4.39 Å². The number of aromatic nitrogens is 5. The maximum atomic E-state index is 14.0. The normalized spacial score (nSPS) is 11.7. The number of halogens is 1. The quantitative estimate of drug-likeness (QED) is 0.366. The first-order chi connectivity index (χ1) is 15.2. The Kier molecular flexibility index (Phi) is 4.94. The molecule has 0 aliphatic heterocycles. The van der Waals surface area contributed by atoms with Gasteiger partial charge >= 0.3 is 0 Å². The minimum atomic E-state index is -0.370. The van der Waals surface area contributed by atoms with Crippen molar-refractivity contribution in [3.63, 3.8) is 0 Å². The number of hydrogen-bond donors (Lipinski definition) is 0. The number of fused-ring (bicyclic) bond motifs is 4. The molecule has 31 heavy (non-hydrogen) atoms. The monoisotopic (exact) mass is 415 g/mol. The van der Waals surface area contributed by atoms with Crippen molar-refractivity contribution in [3.8, 4) is 5.69 Å². The molecule has 0 saturated heterocycles. The summed E-state index contributed by atoms with van der Waals surface area (Å²) in [6.45, 7) is 2.76. The summed E-state index contributed by atoms with van der Waals surface area (Å²) in [6, 6.07) is 13.7. The molecule has 0 amide bonds. The van der Waals surface area contributed by atoms with E-state index >= 15 is 0 Å². The molecule has 2 aromatic carbocycles. The zero-order chi connectivity index (χ0) is 21.4. The molecule has 0 aliphatic carbocycles. The molecular weight excluding hydrogens is 393 g/mol. The van der Waals surface area contributed by atoms with Crippen LogP contribution >= 0.6 is 0 Å². The molecule has 6 nitrogen and oxygen atoms in total. The van der Waals surface area contributed by atoms with Gasteiger partial charge in [-0.2, -0.15) is 0 Å². The highest BCUT2D eigenvalue weighted by Crippen LogP contribution is 2.28. The largest absolute Gasteiger partial charge is 0.299 e. The van der Waals surface area contributed by atoms with Crippen LogP contribution < -0.4 is 5.56 Å². The lowest BCUT2D eigenvalue weighted by Gasteiger charge is -2.08. The number of aryl methyl sites for hydroxylation is 1. The predicted molar refractivity (Wildman–Crippen MR) is 120 cm³/mol. The van der Waals surface area contributed by atoms with E-state index in [0.29, 0.717) is 45.5 Å². The summed E-state index contributed by atoms with van der Waals surface area (Å²) in [5.41, 5.74) is 3.22. The molecule has 0 bridgehead atoms. The second kappa shape index (κ2) is 7.91. The van der Waals surface area contributed by atoms with Crippen LogP contribution in [0.3, 0.4) is 0 Å². The molecule has 3 aromatic heterocycles. The van der Waals surface area contributed by atoms with Gasteiger partial charge in [0, 0.05) is 6.54 Å². The van der Waals surface area contributed by atoms with Crippen molar-refractivity contribution in [3.05, 3.63) is 71.0 Å². The fraction of sp³-hybridized carbons (Fsp3) is 0.250. The summed E-state index contributed by atoms with van der Waals surface area (Å²) in [7, 11) is 0. The smallest absolute Gasteiger partial charge is 0.265 e. The van der Waals surface area contributed by atoms with Crippen LogP contribution in [0, 0.1) is 5.82 Å². The van der Waals surface area contributed by atoms with E-state index < -0.39 is 0 Å². The molecule has 0 N–H and O–H groups in total. The minimum absolute atomic E-state index is 0.147. The third-order valence-corrected chi connectivity index (χ3v) is 5.55. The van der Waals surface area contributed by atoms with Crippen molar-refractivity contribution in [2.24, 2.45) is 0 Å². The Hall–Kier alpha value is -3.61. The molecule has 5 rings (SSSR count). The molecule has 156 valence electrons. The number of nitrogens with zero attached hydrogens (tertiary/aromatic N) is 5. The first-order valence-electron chi connectivity index (χ1n) is 10.6. The van der Waals surface area contributed by atoms with E-state index in [1.54, 1.807) is 27.6 Å². The van der Waals surface area contributed by atoms with Crippen LogP contribution in [0.15, 0.2) is 59.7 Å². The number of benzene rings is 2. The second-order valence-corrected chi connectivity index (χ2v) is 7.70. The molecule has 3 heterocycles. The van der Waals surface area contributed by atoms with Gasteiger partial charge in [-0.3, -0.25) is 13.9 Å². The third-order valence-electron chi connectivity index (χ3n) is 5.55. The van der Waals surface area contributed by atoms with Crippen molar-refractivity contribution in [2.75, 3.05) is 0 Å². The van der Waals surface area contributed by atoms with E-state index in [1.807, 2.05) is 24.3 Å². The van der Waals surface area contributed by atoms with Gasteiger partial charge in [-0.25, -0.2) is 19.3 Å². The Labute approximate surface area is 178 Å². The lowest BCUT2D eigenvalue weighted by molar-refractivity contribution is 0.567. The molecule has 0 atom stereocenters. The number of hydrogen-bond acceptors (Lipinski definition) is 4. The summed E-state index contributed by atoms with van der Waals surface area (Å²) < 4.78 is 17.4. The van der Waals surface area contributed by atoms with Gasteiger partial charge in [-0.05, 0) is 36.8 Å². The van der Waals surface area contributed by atoms with Crippen molar-refractivity contribution in [1.82, 2.24) is 24.1 Å². The van der Waals surface area contributed by atoms with Crippen LogP contribution in [0.5, 0.6) is 0 Å². The second-order valence-electron chi connectivity index (χ2n) is 7.70. The summed E-state index contributed by atoms with van der Waals surface area (Å²) in [6.07, 6.45) is 5.83. The molecule has 0 aliphatic rings.